The summed E-state index contributed by atoms with van der Waals surface area (Å²) in [5.74, 6) is 3.21. The minimum atomic E-state index is -0.114. The van der Waals surface area contributed by atoms with Crippen molar-refractivity contribution in [2.75, 3.05) is 0 Å². The third-order valence-electron chi connectivity index (χ3n) is 5.86. The first-order valence-electron chi connectivity index (χ1n) is 9.18. The summed E-state index contributed by atoms with van der Waals surface area (Å²) < 4.78 is 13.1. The predicted molar refractivity (Wildman–Crippen MR) is 91.4 cm³/mol. The van der Waals surface area contributed by atoms with E-state index in [1.54, 1.807) is 12.1 Å². The summed E-state index contributed by atoms with van der Waals surface area (Å²) in [6.45, 7) is 2.25. The second-order valence-electron chi connectivity index (χ2n) is 7.37. The summed E-state index contributed by atoms with van der Waals surface area (Å²) in [5.41, 5.74) is 1.35. The standard InChI is InChI=1S/C21H29F/c1-2-3-4-5-16-6-7-20-15-19(9-8-18(20)14-16)17-10-12-21(22)13-11-17/h4-5,10-13,16,18-20H,2-3,6-9,14-15H2,1H3/t16-,18-,19?,20-/m1/s1. The average Bonchev–Trinajstić information content (AvgIpc) is 2.55. The fourth-order valence-corrected chi connectivity index (χ4v) is 4.59. The Balaban J connectivity index is 1.56. The minimum Gasteiger partial charge on any atom is -0.207 e. The predicted octanol–water partition coefficient (Wildman–Crippen LogP) is 6.48. The molecule has 1 aromatic carbocycles. The van der Waals surface area contributed by atoms with E-state index in [1.165, 1.54) is 56.9 Å². The van der Waals surface area contributed by atoms with Crippen molar-refractivity contribution >= 4 is 0 Å². The lowest BCUT2D eigenvalue weighted by atomic mass is 9.64. The van der Waals surface area contributed by atoms with Gasteiger partial charge < -0.3 is 0 Å². The van der Waals surface area contributed by atoms with Gasteiger partial charge in [-0.05, 0) is 86.3 Å². The van der Waals surface area contributed by atoms with Gasteiger partial charge in [-0.15, -0.1) is 0 Å². The van der Waals surface area contributed by atoms with Crippen molar-refractivity contribution in [2.24, 2.45) is 17.8 Å². The van der Waals surface area contributed by atoms with E-state index >= 15 is 0 Å². The number of rotatable bonds is 4. The molecule has 0 aromatic heterocycles. The highest BCUT2D eigenvalue weighted by Crippen LogP contribution is 2.47. The van der Waals surface area contributed by atoms with Gasteiger partial charge in [0, 0.05) is 0 Å². The Morgan fingerprint density at radius 3 is 2.50 bits per heavy atom. The van der Waals surface area contributed by atoms with Crippen LogP contribution in [0.15, 0.2) is 36.4 Å². The van der Waals surface area contributed by atoms with Crippen LogP contribution in [0.3, 0.4) is 0 Å². The van der Waals surface area contributed by atoms with Gasteiger partial charge in [-0.1, -0.05) is 37.6 Å². The molecular weight excluding hydrogens is 271 g/mol. The summed E-state index contributed by atoms with van der Waals surface area (Å²) in [5, 5.41) is 0. The zero-order valence-corrected chi connectivity index (χ0v) is 13.8. The molecule has 2 aliphatic carbocycles. The maximum Gasteiger partial charge on any atom is 0.123 e. The first-order chi connectivity index (χ1) is 10.8. The van der Waals surface area contributed by atoms with Crippen LogP contribution in [0, 0.1) is 23.6 Å². The van der Waals surface area contributed by atoms with E-state index in [-0.39, 0.29) is 5.82 Å². The van der Waals surface area contributed by atoms with Crippen LogP contribution < -0.4 is 0 Å². The third kappa shape index (κ3) is 3.80. The highest BCUT2D eigenvalue weighted by molar-refractivity contribution is 5.21. The molecule has 0 bridgehead atoms. The molecule has 120 valence electrons. The fourth-order valence-electron chi connectivity index (χ4n) is 4.59. The monoisotopic (exact) mass is 300 g/mol. The van der Waals surface area contributed by atoms with Crippen molar-refractivity contribution in [1.82, 2.24) is 0 Å². The second-order valence-corrected chi connectivity index (χ2v) is 7.37. The van der Waals surface area contributed by atoms with E-state index in [0.717, 1.165) is 17.8 Å². The molecule has 0 nitrogen and oxygen atoms in total. The number of benzene rings is 1. The van der Waals surface area contributed by atoms with Crippen LogP contribution in [0.5, 0.6) is 0 Å². The summed E-state index contributed by atoms with van der Waals surface area (Å²) >= 11 is 0. The molecule has 0 heterocycles. The van der Waals surface area contributed by atoms with E-state index in [2.05, 4.69) is 19.1 Å². The van der Waals surface area contributed by atoms with Crippen LogP contribution in [-0.4, -0.2) is 0 Å². The molecule has 0 N–H and O–H groups in total. The first-order valence-corrected chi connectivity index (χ1v) is 9.18. The zero-order valence-electron chi connectivity index (χ0n) is 13.8. The molecule has 1 aromatic rings. The van der Waals surface area contributed by atoms with E-state index < -0.39 is 0 Å². The smallest absolute Gasteiger partial charge is 0.123 e. The van der Waals surface area contributed by atoms with Crippen LogP contribution in [0.1, 0.15) is 69.8 Å². The highest BCUT2D eigenvalue weighted by atomic mass is 19.1. The molecule has 4 atom stereocenters. The molecular formula is C21H29F. The molecule has 2 fully saturated rings. The van der Waals surface area contributed by atoms with Crippen molar-refractivity contribution in [2.45, 2.75) is 64.2 Å². The van der Waals surface area contributed by atoms with E-state index in [0.29, 0.717) is 5.92 Å². The Morgan fingerprint density at radius 1 is 1.00 bits per heavy atom. The van der Waals surface area contributed by atoms with E-state index in [9.17, 15) is 4.39 Å². The molecule has 0 saturated heterocycles. The number of allylic oxidation sites excluding steroid dienone is 2. The Hall–Kier alpha value is -1.11. The molecule has 0 amide bonds. The molecule has 0 spiro atoms. The van der Waals surface area contributed by atoms with Gasteiger partial charge in [0.25, 0.3) is 0 Å². The van der Waals surface area contributed by atoms with Gasteiger partial charge in [0.15, 0.2) is 0 Å². The molecule has 1 unspecified atom stereocenters. The van der Waals surface area contributed by atoms with Crippen LogP contribution in [0.4, 0.5) is 4.39 Å². The third-order valence-corrected chi connectivity index (χ3v) is 5.86. The number of fused-ring (bicyclic) bond motifs is 1. The van der Waals surface area contributed by atoms with Gasteiger partial charge in [-0.2, -0.15) is 0 Å². The van der Waals surface area contributed by atoms with Crippen LogP contribution in [-0.2, 0) is 0 Å². The molecule has 2 aliphatic rings. The lowest BCUT2D eigenvalue weighted by molar-refractivity contribution is 0.133. The normalized spacial score (nSPS) is 32.1. The van der Waals surface area contributed by atoms with Gasteiger partial charge in [-0.25, -0.2) is 4.39 Å². The maximum absolute atomic E-state index is 13.1. The lowest BCUT2D eigenvalue weighted by Gasteiger charge is -2.41. The molecule has 3 rings (SSSR count). The number of unbranched alkanes of at least 4 members (excludes halogenated alkanes) is 1. The molecule has 0 radical (unpaired) electrons. The Morgan fingerprint density at radius 2 is 1.73 bits per heavy atom. The SMILES string of the molecule is CCCC=C[C@@H]1CC[C@@H]2CC(c3ccc(F)cc3)CC[C@@H]2C1. The van der Waals surface area contributed by atoms with Gasteiger partial charge in [0.2, 0.25) is 0 Å². The van der Waals surface area contributed by atoms with Crippen molar-refractivity contribution in [3.63, 3.8) is 0 Å². The van der Waals surface area contributed by atoms with E-state index in [1.807, 2.05) is 12.1 Å². The molecule has 22 heavy (non-hydrogen) atoms. The number of hydrogen-bond donors (Lipinski definition) is 0. The topological polar surface area (TPSA) is 0 Å². The van der Waals surface area contributed by atoms with Crippen molar-refractivity contribution in [1.29, 1.82) is 0 Å². The van der Waals surface area contributed by atoms with Crippen molar-refractivity contribution in [3.05, 3.63) is 47.8 Å². The van der Waals surface area contributed by atoms with Crippen LogP contribution in [0.2, 0.25) is 0 Å². The van der Waals surface area contributed by atoms with Crippen LogP contribution in [0.25, 0.3) is 0 Å². The Kier molecular flexibility index (Phi) is 5.33. The average molecular weight is 300 g/mol. The summed E-state index contributed by atoms with van der Waals surface area (Å²) in [6, 6.07) is 7.24. The van der Waals surface area contributed by atoms with E-state index in [4.69, 9.17) is 0 Å². The second kappa shape index (κ2) is 7.44. The van der Waals surface area contributed by atoms with Gasteiger partial charge >= 0.3 is 0 Å². The first kappa shape index (κ1) is 15.8. The summed E-state index contributed by atoms with van der Waals surface area (Å²) in [6.07, 6.45) is 15.5. The zero-order chi connectivity index (χ0) is 15.4. The van der Waals surface area contributed by atoms with Gasteiger partial charge in [0.1, 0.15) is 5.82 Å². The van der Waals surface area contributed by atoms with Crippen molar-refractivity contribution in [3.8, 4) is 0 Å². The Bertz CT molecular complexity index is 487. The number of hydrogen-bond acceptors (Lipinski definition) is 0. The van der Waals surface area contributed by atoms with Crippen molar-refractivity contribution < 1.29 is 4.39 Å². The van der Waals surface area contributed by atoms with Gasteiger partial charge in [-0.3, -0.25) is 0 Å². The largest absolute Gasteiger partial charge is 0.207 e. The fraction of sp³-hybridized carbons (Fsp3) is 0.619. The molecule has 0 aliphatic heterocycles. The minimum absolute atomic E-state index is 0.114. The van der Waals surface area contributed by atoms with Crippen LogP contribution >= 0.6 is 0 Å². The summed E-state index contributed by atoms with van der Waals surface area (Å²) in [4.78, 5) is 0. The summed E-state index contributed by atoms with van der Waals surface area (Å²) in [7, 11) is 0. The maximum atomic E-state index is 13.1. The lowest BCUT2D eigenvalue weighted by Crippen LogP contribution is -2.30. The Labute approximate surface area is 134 Å². The molecule has 1 heteroatoms. The molecule has 2 saturated carbocycles. The number of halogens is 1. The van der Waals surface area contributed by atoms with Gasteiger partial charge in [0.05, 0.1) is 0 Å². The highest BCUT2D eigenvalue weighted by Gasteiger charge is 2.35. The quantitative estimate of drug-likeness (QED) is 0.558.